The molecule has 1 atom stereocenters. The maximum atomic E-state index is 13.6. The molecular formula is C23H19N3O6S. The second-order valence-electron chi connectivity index (χ2n) is 7.84. The van der Waals surface area contributed by atoms with Crippen LogP contribution in [0.1, 0.15) is 33.9 Å². The van der Waals surface area contributed by atoms with Crippen LogP contribution >= 0.6 is 11.3 Å². The number of carbonyl (C=O) groups is 1. The number of hydrogen-bond acceptors (Lipinski definition) is 6. The number of rotatable bonds is 4. The van der Waals surface area contributed by atoms with Gasteiger partial charge < -0.3 is 14.4 Å². The first kappa shape index (κ1) is 21.0. The highest BCUT2D eigenvalue weighted by molar-refractivity contribution is 7.16. The van der Waals surface area contributed by atoms with Crippen molar-refractivity contribution in [3.63, 3.8) is 0 Å². The van der Waals surface area contributed by atoms with E-state index in [0.717, 1.165) is 37.8 Å². The standard InChI is InChI=1S/C23H19N3O6S/c1-24-17-8-6-12(10-19(17)33-23(24)31)25-11-15(21(28)29)20(27)26(22(25)30)16-9-7-14-13(16)4-3-5-18(14)32-2/h3-6,8,10-11,16H,7,9H2,1-2H3,(H,28,29). The van der Waals surface area contributed by atoms with Crippen LogP contribution < -0.4 is 20.9 Å². The molecule has 0 fully saturated rings. The summed E-state index contributed by atoms with van der Waals surface area (Å²) in [6.45, 7) is 0. The van der Waals surface area contributed by atoms with Crippen molar-refractivity contribution in [1.82, 2.24) is 13.7 Å². The Morgan fingerprint density at radius 1 is 1.18 bits per heavy atom. The van der Waals surface area contributed by atoms with E-state index in [0.29, 0.717) is 34.5 Å². The minimum absolute atomic E-state index is 0.151. The Balaban J connectivity index is 1.77. The Hall–Kier alpha value is -3.92. The van der Waals surface area contributed by atoms with Crippen LogP contribution in [0, 0.1) is 0 Å². The van der Waals surface area contributed by atoms with Gasteiger partial charge >= 0.3 is 16.5 Å². The number of aryl methyl sites for hydroxylation is 1. The van der Waals surface area contributed by atoms with Crippen LogP contribution in [-0.2, 0) is 13.5 Å². The smallest absolute Gasteiger partial charge is 0.342 e. The molecule has 10 heteroatoms. The third kappa shape index (κ3) is 3.13. The summed E-state index contributed by atoms with van der Waals surface area (Å²) in [4.78, 5) is 50.5. The van der Waals surface area contributed by atoms with Gasteiger partial charge in [-0.3, -0.25) is 18.7 Å². The maximum Gasteiger partial charge on any atom is 0.342 e. The number of carboxylic acid groups (broad SMARTS) is 1. The summed E-state index contributed by atoms with van der Waals surface area (Å²) in [5.41, 5.74) is 0.730. The molecule has 0 radical (unpaired) electrons. The van der Waals surface area contributed by atoms with E-state index in [1.165, 1.54) is 4.57 Å². The van der Waals surface area contributed by atoms with Gasteiger partial charge in [0, 0.05) is 13.2 Å². The molecule has 9 nitrogen and oxygen atoms in total. The number of aromatic carboxylic acids is 1. The van der Waals surface area contributed by atoms with E-state index in [1.807, 2.05) is 12.1 Å². The Morgan fingerprint density at radius 2 is 1.97 bits per heavy atom. The summed E-state index contributed by atoms with van der Waals surface area (Å²) in [5.74, 6) is -0.751. The second kappa shape index (κ2) is 7.59. The third-order valence-electron chi connectivity index (χ3n) is 6.13. The molecule has 4 aromatic rings. The summed E-state index contributed by atoms with van der Waals surface area (Å²) in [5, 5.41) is 9.69. The summed E-state index contributed by atoms with van der Waals surface area (Å²) < 4.78 is 9.75. The fraction of sp³-hybridized carbons (Fsp3) is 0.217. The van der Waals surface area contributed by atoms with Crippen molar-refractivity contribution in [2.75, 3.05) is 7.11 Å². The number of hydrogen-bond donors (Lipinski definition) is 1. The number of carboxylic acids is 1. The lowest BCUT2D eigenvalue weighted by Crippen LogP contribution is -2.43. The Kier molecular flexibility index (Phi) is 4.82. The molecule has 2 heterocycles. The Morgan fingerprint density at radius 3 is 2.70 bits per heavy atom. The lowest BCUT2D eigenvalue weighted by molar-refractivity contribution is 0.0693. The first-order chi connectivity index (χ1) is 15.8. The summed E-state index contributed by atoms with van der Waals surface area (Å²) in [6.07, 6.45) is 2.11. The van der Waals surface area contributed by atoms with Crippen LogP contribution in [0.5, 0.6) is 5.75 Å². The van der Waals surface area contributed by atoms with Gasteiger partial charge in [-0.1, -0.05) is 23.5 Å². The molecule has 1 aliphatic rings. The third-order valence-corrected chi connectivity index (χ3v) is 7.13. The molecule has 5 rings (SSSR count). The number of aromatic nitrogens is 3. The number of methoxy groups -OCH3 is 1. The number of nitrogens with zero attached hydrogens (tertiary/aromatic N) is 3. The van der Waals surface area contributed by atoms with E-state index < -0.39 is 28.8 Å². The summed E-state index contributed by atoms with van der Waals surface area (Å²) >= 11 is 1.02. The van der Waals surface area contributed by atoms with Gasteiger partial charge in [-0.05, 0) is 48.2 Å². The van der Waals surface area contributed by atoms with Gasteiger partial charge in [-0.15, -0.1) is 0 Å². The van der Waals surface area contributed by atoms with E-state index >= 15 is 0 Å². The molecule has 0 spiro atoms. The number of ether oxygens (including phenoxy) is 1. The van der Waals surface area contributed by atoms with Gasteiger partial charge in [0.2, 0.25) is 0 Å². The van der Waals surface area contributed by atoms with Crippen LogP contribution in [0.25, 0.3) is 15.9 Å². The monoisotopic (exact) mass is 465 g/mol. The van der Waals surface area contributed by atoms with Gasteiger partial charge in [0.1, 0.15) is 11.3 Å². The first-order valence-corrected chi connectivity index (χ1v) is 11.0. The number of fused-ring (bicyclic) bond motifs is 2. The molecule has 33 heavy (non-hydrogen) atoms. The molecule has 0 bridgehead atoms. The zero-order valence-electron chi connectivity index (χ0n) is 17.8. The van der Waals surface area contributed by atoms with Gasteiger partial charge in [0.15, 0.2) is 0 Å². The van der Waals surface area contributed by atoms with Crippen LogP contribution in [0.2, 0.25) is 0 Å². The number of benzene rings is 2. The maximum absolute atomic E-state index is 13.6. The van der Waals surface area contributed by atoms with E-state index in [4.69, 9.17) is 4.74 Å². The predicted molar refractivity (Wildman–Crippen MR) is 123 cm³/mol. The Bertz CT molecular complexity index is 1620. The highest BCUT2D eigenvalue weighted by Gasteiger charge is 2.31. The molecule has 1 unspecified atom stereocenters. The van der Waals surface area contributed by atoms with Crippen LogP contribution in [0.3, 0.4) is 0 Å². The van der Waals surface area contributed by atoms with E-state index in [-0.39, 0.29) is 4.87 Å². The van der Waals surface area contributed by atoms with Crippen molar-refractivity contribution < 1.29 is 14.6 Å². The van der Waals surface area contributed by atoms with E-state index in [9.17, 15) is 24.3 Å². The highest BCUT2D eigenvalue weighted by Crippen LogP contribution is 2.38. The van der Waals surface area contributed by atoms with Crippen LogP contribution in [-0.4, -0.2) is 31.9 Å². The lowest BCUT2D eigenvalue weighted by Gasteiger charge is -2.18. The zero-order valence-corrected chi connectivity index (χ0v) is 18.6. The quantitative estimate of drug-likeness (QED) is 0.494. The molecule has 1 aliphatic carbocycles. The van der Waals surface area contributed by atoms with Crippen LogP contribution in [0.4, 0.5) is 0 Å². The van der Waals surface area contributed by atoms with Gasteiger partial charge in [-0.25, -0.2) is 9.59 Å². The molecule has 1 N–H and O–H groups in total. The van der Waals surface area contributed by atoms with Crippen molar-refractivity contribution in [2.45, 2.75) is 18.9 Å². The van der Waals surface area contributed by atoms with Gasteiger partial charge in [0.05, 0.1) is 29.1 Å². The number of thiazole rings is 1. The topological polar surface area (TPSA) is 113 Å². The van der Waals surface area contributed by atoms with Crippen molar-refractivity contribution >= 4 is 27.5 Å². The van der Waals surface area contributed by atoms with Crippen molar-refractivity contribution in [1.29, 1.82) is 0 Å². The fourth-order valence-electron chi connectivity index (χ4n) is 4.51. The predicted octanol–water partition coefficient (Wildman–Crippen LogP) is 2.15. The average molecular weight is 465 g/mol. The van der Waals surface area contributed by atoms with E-state index in [1.54, 1.807) is 38.4 Å². The summed E-state index contributed by atoms with van der Waals surface area (Å²) in [6, 6.07) is 9.78. The van der Waals surface area contributed by atoms with Crippen molar-refractivity contribution in [3.8, 4) is 11.4 Å². The molecule has 168 valence electrons. The molecule has 2 aromatic carbocycles. The first-order valence-electron chi connectivity index (χ1n) is 10.2. The van der Waals surface area contributed by atoms with Gasteiger partial charge in [-0.2, -0.15) is 0 Å². The van der Waals surface area contributed by atoms with Gasteiger partial charge in [0.25, 0.3) is 5.56 Å². The largest absolute Gasteiger partial charge is 0.496 e. The molecule has 0 saturated heterocycles. The minimum Gasteiger partial charge on any atom is -0.496 e. The molecular weight excluding hydrogens is 446 g/mol. The fourth-order valence-corrected chi connectivity index (χ4v) is 5.42. The van der Waals surface area contributed by atoms with Crippen molar-refractivity contribution in [2.24, 2.45) is 7.05 Å². The second-order valence-corrected chi connectivity index (χ2v) is 8.83. The normalized spacial score (nSPS) is 15.0. The Labute approximate surface area is 190 Å². The zero-order chi connectivity index (χ0) is 23.4. The molecule has 0 aliphatic heterocycles. The van der Waals surface area contributed by atoms with Crippen molar-refractivity contribution in [3.05, 3.63) is 89.8 Å². The summed E-state index contributed by atoms with van der Waals surface area (Å²) in [7, 11) is 3.21. The molecule has 0 saturated carbocycles. The van der Waals surface area contributed by atoms with Crippen LogP contribution in [0.15, 0.2) is 57.0 Å². The molecule has 2 aromatic heterocycles. The van der Waals surface area contributed by atoms with E-state index in [2.05, 4.69) is 0 Å². The SMILES string of the molecule is COc1cccc2c1CCC2n1c(=O)c(C(=O)O)cn(-c2ccc3c(c2)sc(=O)n3C)c1=O. The minimum atomic E-state index is -1.42. The molecule has 0 amide bonds. The lowest BCUT2D eigenvalue weighted by atomic mass is 10.1. The average Bonchev–Trinajstić information content (AvgIpc) is 3.34. The highest BCUT2D eigenvalue weighted by atomic mass is 32.1.